The van der Waals surface area contributed by atoms with E-state index in [0.29, 0.717) is 18.3 Å². The summed E-state index contributed by atoms with van der Waals surface area (Å²) in [4.78, 5) is 15.1. The number of aromatic nitrogens is 2. The Balaban J connectivity index is 2.55. The smallest absolute Gasteiger partial charge is 0.315 e. The zero-order chi connectivity index (χ0) is 10.6. The summed E-state index contributed by atoms with van der Waals surface area (Å²) >= 11 is 0. The minimum atomic E-state index is -0.341. The number of rotatable bonds is 4. The summed E-state index contributed by atoms with van der Waals surface area (Å²) in [6.45, 7) is 6.03. The molecule has 14 heavy (non-hydrogen) atoms. The third-order valence-corrected chi connectivity index (χ3v) is 1.60. The Morgan fingerprint density at radius 2 is 2.29 bits per heavy atom. The number of esters is 1. The van der Waals surface area contributed by atoms with E-state index < -0.39 is 0 Å². The van der Waals surface area contributed by atoms with Gasteiger partial charge in [0.1, 0.15) is 6.42 Å². The quantitative estimate of drug-likeness (QED) is 0.682. The topological polar surface area (TPSA) is 65.2 Å². The molecular formula is C9H14N2O3. The molecule has 5 nitrogen and oxygen atoms in total. The molecule has 1 heterocycles. The van der Waals surface area contributed by atoms with E-state index in [1.165, 1.54) is 0 Å². The Bertz CT molecular complexity index is 307. The fourth-order valence-corrected chi connectivity index (χ4v) is 0.910. The molecule has 0 radical (unpaired) electrons. The summed E-state index contributed by atoms with van der Waals surface area (Å²) in [7, 11) is 0. The monoisotopic (exact) mass is 198 g/mol. The van der Waals surface area contributed by atoms with E-state index in [1.54, 1.807) is 6.92 Å². The van der Waals surface area contributed by atoms with Crippen molar-refractivity contribution < 1.29 is 14.1 Å². The van der Waals surface area contributed by atoms with Crippen molar-refractivity contribution in [3.05, 3.63) is 11.7 Å². The van der Waals surface area contributed by atoms with Crippen LogP contribution in [0.3, 0.4) is 0 Å². The van der Waals surface area contributed by atoms with E-state index in [9.17, 15) is 4.79 Å². The molecular weight excluding hydrogens is 184 g/mol. The van der Waals surface area contributed by atoms with Crippen LogP contribution in [-0.2, 0) is 16.0 Å². The lowest BCUT2D eigenvalue weighted by Crippen LogP contribution is -2.07. The highest BCUT2D eigenvalue weighted by molar-refractivity contribution is 5.71. The molecule has 0 atom stereocenters. The lowest BCUT2D eigenvalue weighted by atomic mass is 10.2. The van der Waals surface area contributed by atoms with Crippen molar-refractivity contribution in [2.75, 3.05) is 6.61 Å². The first-order valence-electron chi connectivity index (χ1n) is 4.61. The Morgan fingerprint density at radius 3 is 2.79 bits per heavy atom. The molecule has 1 aromatic rings. The van der Waals surface area contributed by atoms with Crippen LogP contribution < -0.4 is 0 Å². The maximum atomic E-state index is 11.0. The van der Waals surface area contributed by atoms with Gasteiger partial charge in [0, 0.05) is 5.92 Å². The summed E-state index contributed by atoms with van der Waals surface area (Å²) in [5, 5.41) is 3.73. The van der Waals surface area contributed by atoms with Gasteiger partial charge in [0.25, 0.3) is 0 Å². The second-order valence-electron chi connectivity index (χ2n) is 3.18. The summed E-state index contributed by atoms with van der Waals surface area (Å²) in [5.74, 6) is 0.789. The fourth-order valence-electron chi connectivity index (χ4n) is 0.910. The van der Waals surface area contributed by atoms with Crippen molar-refractivity contribution in [2.45, 2.75) is 33.1 Å². The molecule has 0 aliphatic carbocycles. The lowest BCUT2D eigenvalue weighted by molar-refractivity contribution is -0.142. The Hall–Kier alpha value is -1.39. The molecule has 0 N–H and O–H groups in total. The minimum Gasteiger partial charge on any atom is -0.466 e. The summed E-state index contributed by atoms with van der Waals surface area (Å²) < 4.78 is 9.63. The Labute approximate surface area is 82.4 Å². The highest BCUT2D eigenvalue weighted by atomic mass is 16.5. The zero-order valence-corrected chi connectivity index (χ0v) is 8.61. The summed E-state index contributed by atoms with van der Waals surface area (Å²) in [5.41, 5.74) is 0. The maximum absolute atomic E-state index is 11.0. The number of hydrogen-bond acceptors (Lipinski definition) is 5. The SMILES string of the molecule is CCOC(=O)Cc1nc(C(C)C)no1. The predicted octanol–water partition coefficient (Wildman–Crippen LogP) is 1.30. The average Bonchev–Trinajstić information content (AvgIpc) is 2.53. The molecule has 5 heteroatoms. The number of ether oxygens (including phenoxy) is 1. The van der Waals surface area contributed by atoms with E-state index >= 15 is 0 Å². The van der Waals surface area contributed by atoms with Crippen LogP contribution in [-0.4, -0.2) is 22.7 Å². The number of carbonyl (C=O) groups is 1. The van der Waals surface area contributed by atoms with Crippen LogP contribution in [0, 0.1) is 0 Å². The first-order chi connectivity index (χ1) is 6.63. The van der Waals surface area contributed by atoms with Crippen LogP contribution in [0.5, 0.6) is 0 Å². The van der Waals surface area contributed by atoms with E-state index in [1.807, 2.05) is 13.8 Å². The van der Waals surface area contributed by atoms with Crippen molar-refractivity contribution in [2.24, 2.45) is 0 Å². The van der Waals surface area contributed by atoms with Crippen LogP contribution in [0.1, 0.15) is 38.4 Å². The Kier molecular flexibility index (Phi) is 3.62. The van der Waals surface area contributed by atoms with Gasteiger partial charge in [0.15, 0.2) is 5.82 Å². The molecule has 0 aliphatic rings. The number of hydrogen-bond donors (Lipinski definition) is 0. The fraction of sp³-hybridized carbons (Fsp3) is 0.667. The van der Waals surface area contributed by atoms with Gasteiger partial charge < -0.3 is 9.26 Å². The highest BCUT2D eigenvalue weighted by Crippen LogP contribution is 2.09. The summed E-state index contributed by atoms with van der Waals surface area (Å²) in [6, 6.07) is 0. The van der Waals surface area contributed by atoms with E-state index in [0.717, 1.165) is 0 Å². The molecule has 78 valence electrons. The third-order valence-electron chi connectivity index (χ3n) is 1.60. The van der Waals surface area contributed by atoms with Gasteiger partial charge in [0.2, 0.25) is 5.89 Å². The second-order valence-corrected chi connectivity index (χ2v) is 3.18. The standard InChI is InChI=1S/C9H14N2O3/c1-4-13-8(12)5-7-10-9(6(2)3)11-14-7/h6H,4-5H2,1-3H3. The van der Waals surface area contributed by atoms with Crippen LogP contribution in [0.4, 0.5) is 0 Å². The molecule has 0 spiro atoms. The molecule has 0 bridgehead atoms. The first-order valence-corrected chi connectivity index (χ1v) is 4.61. The molecule has 0 unspecified atom stereocenters. The Morgan fingerprint density at radius 1 is 1.57 bits per heavy atom. The van der Waals surface area contributed by atoms with Crippen molar-refractivity contribution in [1.29, 1.82) is 0 Å². The van der Waals surface area contributed by atoms with Crippen LogP contribution in [0.2, 0.25) is 0 Å². The molecule has 0 aromatic carbocycles. The van der Waals surface area contributed by atoms with Gasteiger partial charge in [-0.1, -0.05) is 19.0 Å². The first kappa shape index (κ1) is 10.7. The summed E-state index contributed by atoms with van der Waals surface area (Å²) in [6.07, 6.45) is 0.0492. The molecule has 0 fully saturated rings. The van der Waals surface area contributed by atoms with E-state index in [2.05, 4.69) is 10.1 Å². The molecule has 0 saturated carbocycles. The largest absolute Gasteiger partial charge is 0.466 e. The van der Waals surface area contributed by atoms with Gasteiger partial charge in [-0.05, 0) is 6.92 Å². The van der Waals surface area contributed by atoms with E-state index in [4.69, 9.17) is 9.26 Å². The minimum absolute atomic E-state index is 0.0492. The van der Waals surface area contributed by atoms with E-state index in [-0.39, 0.29) is 18.3 Å². The number of nitrogens with zero attached hydrogens (tertiary/aromatic N) is 2. The van der Waals surface area contributed by atoms with Gasteiger partial charge in [0.05, 0.1) is 6.61 Å². The average molecular weight is 198 g/mol. The molecule has 1 aromatic heterocycles. The zero-order valence-electron chi connectivity index (χ0n) is 8.61. The van der Waals surface area contributed by atoms with Gasteiger partial charge in [-0.2, -0.15) is 4.98 Å². The van der Waals surface area contributed by atoms with Gasteiger partial charge in [-0.15, -0.1) is 0 Å². The second kappa shape index (κ2) is 4.74. The molecule has 0 amide bonds. The van der Waals surface area contributed by atoms with Crippen molar-refractivity contribution in [3.63, 3.8) is 0 Å². The van der Waals surface area contributed by atoms with Gasteiger partial charge in [-0.3, -0.25) is 4.79 Å². The van der Waals surface area contributed by atoms with Crippen LogP contribution in [0.15, 0.2) is 4.52 Å². The predicted molar refractivity (Wildman–Crippen MR) is 48.7 cm³/mol. The molecule has 1 rings (SSSR count). The van der Waals surface area contributed by atoms with Crippen LogP contribution >= 0.6 is 0 Å². The third kappa shape index (κ3) is 2.83. The highest BCUT2D eigenvalue weighted by Gasteiger charge is 2.13. The molecule has 0 aliphatic heterocycles. The molecule has 0 saturated heterocycles. The van der Waals surface area contributed by atoms with Crippen molar-refractivity contribution >= 4 is 5.97 Å². The maximum Gasteiger partial charge on any atom is 0.315 e. The number of carbonyl (C=O) groups excluding carboxylic acids is 1. The van der Waals surface area contributed by atoms with Gasteiger partial charge in [-0.25, -0.2) is 0 Å². The van der Waals surface area contributed by atoms with Crippen molar-refractivity contribution in [3.8, 4) is 0 Å². The lowest BCUT2D eigenvalue weighted by Gasteiger charge is -1.96. The van der Waals surface area contributed by atoms with Crippen LogP contribution in [0.25, 0.3) is 0 Å². The normalized spacial score (nSPS) is 10.6. The van der Waals surface area contributed by atoms with Crippen molar-refractivity contribution in [1.82, 2.24) is 10.1 Å². The van der Waals surface area contributed by atoms with Gasteiger partial charge >= 0.3 is 5.97 Å².